The van der Waals surface area contributed by atoms with E-state index in [1.165, 1.54) is 0 Å². The molecule has 0 unspecified atom stereocenters. The van der Waals surface area contributed by atoms with Crippen LogP contribution >= 0.6 is 0 Å². The summed E-state index contributed by atoms with van der Waals surface area (Å²) in [7, 11) is 0. The molecule has 0 aliphatic rings. The highest BCUT2D eigenvalue weighted by Gasteiger charge is 2.39. The molecule has 109 valence electrons. The third kappa shape index (κ3) is 5.99. The van der Waals surface area contributed by atoms with Gasteiger partial charge in [0.15, 0.2) is 0 Å². The molecule has 6 heteroatoms. The van der Waals surface area contributed by atoms with Crippen LogP contribution in [0.4, 0.5) is 0 Å². The van der Waals surface area contributed by atoms with Crippen LogP contribution in [0.25, 0.3) is 0 Å². The Morgan fingerprint density at radius 1 is 0.900 bits per heavy atom. The molecule has 0 aliphatic heterocycles. The minimum Gasteiger partial charge on any atom is -0.462 e. The van der Waals surface area contributed by atoms with Crippen LogP contribution in [0.3, 0.4) is 0 Å². The second kappa shape index (κ2) is 7.93. The Hall–Kier alpha value is -2.37. The van der Waals surface area contributed by atoms with E-state index in [1.807, 2.05) is 0 Å². The third-order valence-electron chi connectivity index (χ3n) is 2.01. The predicted molar refractivity (Wildman–Crippen MR) is 70.8 cm³/mol. The molecule has 1 radical (unpaired) electrons. The van der Waals surface area contributed by atoms with E-state index in [2.05, 4.69) is 19.7 Å². The van der Waals surface area contributed by atoms with Crippen molar-refractivity contribution in [2.45, 2.75) is 13.8 Å². The number of hydrogen-bond donors (Lipinski definition) is 0. The highest BCUT2D eigenvalue weighted by Crippen LogP contribution is 2.32. The van der Waals surface area contributed by atoms with Crippen molar-refractivity contribution < 1.29 is 28.6 Å². The van der Waals surface area contributed by atoms with Crippen LogP contribution in [0.2, 0.25) is 0 Å². The largest absolute Gasteiger partial charge is 0.462 e. The smallest absolute Gasteiger partial charge is 0.343 e. The quantitative estimate of drug-likeness (QED) is 0.497. The topological polar surface area (TPSA) is 78.9 Å². The average Bonchev–Trinajstić information content (AvgIpc) is 2.43. The van der Waals surface area contributed by atoms with Crippen molar-refractivity contribution in [1.29, 1.82) is 0 Å². The summed E-state index contributed by atoms with van der Waals surface area (Å²) in [5, 5.41) is 0. The lowest BCUT2D eigenvalue weighted by Crippen LogP contribution is -2.34. The van der Waals surface area contributed by atoms with E-state index in [4.69, 9.17) is 14.2 Å². The fourth-order valence-corrected chi connectivity index (χ4v) is 0.933. The van der Waals surface area contributed by atoms with Crippen molar-refractivity contribution in [2.24, 2.45) is 5.41 Å². The van der Waals surface area contributed by atoms with E-state index in [9.17, 15) is 14.4 Å². The van der Waals surface area contributed by atoms with Crippen molar-refractivity contribution in [3.05, 3.63) is 44.3 Å². The molecule has 0 heterocycles. The number of ether oxygens (including phenoxy) is 3. The van der Waals surface area contributed by atoms with Gasteiger partial charge in [0.05, 0.1) is 5.41 Å². The minimum absolute atomic E-state index is 0.179. The van der Waals surface area contributed by atoms with Gasteiger partial charge >= 0.3 is 24.2 Å². The van der Waals surface area contributed by atoms with Gasteiger partial charge in [0.1, 0.15) is 6.61 Å². The van der Waals surface area contributed by atoms with Crippen LogP contribution in [0.15, 0.2) is 38.0 Å². The highest BCUT2D eigenvalue weighted by molar-refractivity contribution is 5.84. The molecule has 0 bridgehead atoms. The molecular weight excluding hydrogens is 264 g/mol. The van der Waals surface area contributed by atoms with Gasteiger partial charge in [0.2, 0.25) is 0 Å². The maximum atomic E-state index is 11.2. The number of hydrogen-bond acceptors (Lipinski definition) is 6. The molecule has 0 spiro atoms. The van der Waals surface area contributed by atoms with E-state index < -0.39 is 23.3 Å². The third-order valence-corrected chi connectivity index (χ3v) is 2.01. The molecule has 0 N–H and O–H groups in total. The molecule has 0 aromatic carbocycles. The Morgan fingerprint density at radius 2 is 1.30 bits per heavy atom. The Balaban J connectivity index is 4.94. The van der Waals surface area contributed by atoms with Crippen LogP contribution in [0, 0.1) is 11.7 Å². The molecule has 0 saturated heterocycles. The van der Waals surface area contributed by atoms with Gasteiger partial charge in [-0.05, 0) is 13.8 Å². The molecule has 0 atom stereocenters. The molecule has 0 fully saturated rings. The Morgan fingerprint density at radius 3 is 1.65 bits per heavy atom. The fraction of sp³-hybridized carbons (Fsp3) is 0.286. The summed E-state index contributed by atoms with van der Waals surface area (Å²) >= 11 is 0. The van der Waals surface area contributed by atoms with Gasteiger partial charge in [0, 0.05) is 18.2 Å². The average molecular weight is 281 g/mol. The van der Waals surface area contributed by atoms with Crippen LogP contribution in [0.1, 0.15) is 13.8 Å². The van der Waals surface area contributed by atoms with E-state index >= 15 is 0 Å². The SMILES string of the molecule is C=CC(=O)OCC(C)(C)[C](OC(=O)C=C)OC(=O)C=C. The Kier molecular flexibility index (Phi) is 6.99. The van der Waals surface area contributed by atoms with Crippen molar-refractivity contribution in [3.8, 4) is 0 Å². The monoisotopic (exact) mass is 281 g/mol. The summed E-state index contributed by atoms with van der Waals surface area (Å²) in [6.45, 7) is 12.7. The van der Waals surface area contributed by atoms with E-state index in [-0.39, 0.29) is 12.9 Å². The van der Waals surface area contributed by atoms with E-state index in [0.717, 1.165) is 18.2 Å². The van der Waals surface area contributed by atoms with Gasteiger partial charge in [-0.15, -0.1) is 0 Å². The Labute approximate surface area is 117 Å². The minimum atomic E-state index is -1.05. The normalized spacial score (nSPS) is 10.3. The van der Waals surface area contributed by atoms with Gasteiger partial charge in [-0.3, -0.25) is 0 Å². The first-order valence-corrected chi connectivity index (χ1v) is 5.62. The molecule has 0 rings (SSSR count). The molecular formula is C14H17O6. The molecule has 0 aromatic rings. The first kappa shape index (κ1) is 17.6. The molecule has 0 saturated carbocycles. The second-order valence-electron chi connectivity index (χ2n) is 4.23. The van der Waals surface area contributed by atoms with Crippen LogP contribution < -0.4 is 0 Å². The number of esters is 3. The summed E-state index contributed by atoms with van der Waals surface area (Å²) in [6.07, 6.45) is 2.49. The molecule has 6 nitrogen and oxygen atoms in total. The maximum Gasteiger partial charge on any atom is 0.343 e. The second-order valence-corrected chi connectivity index (χ2v) is 4.23. The molecule has 0 amide bonds. The van der Waals surface area contributed by atoms with Crippen LogP contribution in [0.5, 0.6) is 0 Å². The zero-order valence-electron chi connectivity index (χ0n) is 11.5. The fourth-order valence-electron chi connectivity index (χ4n) is 0.933. The van der Waals surface area contributed by atoms with E-state index in [0.29, 0.717) is 0 Å². The lowest BCUT2D eigenvalue weighted by molar-refractivity contribution is -0.172. The van der Waals surface area contributed by atoms with Gasteiger partial charge in [-0.2, -0.15) is 0 Å². The standard InChI is InChI=1S/C14H17O6/c1-6-10(15)18-9-14(4,5)13(19-11(16)7-2)20-12(17)8-3/h6-8H,1-3,9H2,4-5H3. The lowest BCUT2D eigenvalue weighted by atomic mass is 9.93. The number of rotatable bonds is 8. The highest BCUT2D eigenvalue weighted by atomic mass is 16.7. The molecule has 0 aromatic heterocycles. The first-order valence-electron chi connectivity index (χ1n) is 5.62. The Bertz CT molecular complexity index is 399. The van der Waals surface area contributed by atoms with Gasteiger partial charge in [-0.1, -0.05) is 19.7 Å². The summed E-state index contributed by atoms with van der Waals surface area (Å²) in [5.41, 5.74) is -1.05. The number of carbonyl (C=O) groups is 3. The summed E-state index contributed by atoms with van der Waals surface area (Å²) in [4.78, 5) is 33.5. The summed E-state index contributed by atoms with van der Waals surface area (Å²) in [6, 6.07) is 0. The van der Waals surface area contributed by atoms with Crippen LogP contribution in [-0.2, 0) is 28.6 Å². The predicted octanol–water partition coefficient (Wildman–Crippen LogP) is 1.69. The van der Waals surface area contributed by atoms with Gasteiger partial charge < -0.3 is 14.2 Å². The van der Waals surface area contributed by atoms with Crippen molar-refractivity contribution in [2.75, 3.05) is 6.61 Å². The maximum absolute atomic E-state index is 11.2. The summed E-state index contributed by atoms with van der Waals surface area (Å²) in [5.74, 6) is -2.26. The van der Waals surface area contributed by atoms with Crippen LogP contribution in [-0.4, -0.2) is 24.5 Å². The van der Waals surface area contributed by atoms with E-state index in [1.54, 1.807) is 13.8 Å². The molecule has 0 aliphatic carbocycles. The lowest BCUT2D eigenvalue weighted by Gasteiger charge is -2.29. The van der Waals surface area contributed by atoms with Crippen molar-refractivity contribution in [3.63, 3.8) is 0 Å². The van der Waals surface area contributed by atoms with Gasteiger partial charge in [-0.25, -0.2) is 14.4 Å². The first-order chi connectivity index (χ1) is 9.26. The van der Waals surface area contributed by atoms with Crippen molar-refractivity contribution >= 4 is 17.9 Å². The zero-order chi connectivity index (χ0) is 15.8. The van der Waals surface area contributed by atoms with Crippen molar-refractivity contribution in [1.82, 2.24) is 0 Å². The number of carbonyl (C=O) groups excluding carboxylic acids is 3. The van der Waals surface area contributed by atoms with Gasteiger partial charge in [0.25, 0.3) is 0 Å². The molecule has 20 heavy (non-hydrogen) atoms. The summed E-state index contributed by atoms with van der Waals surface area (Å²) < 4.78 is 14.6. The zero-order valence-corrected chi connectivity index (χ0v) is 11.5.